The van der Waals surface area contributed by atoms with Gasteiger partial charge in [0.05, 0.1) is 18.8 Å². The Hall–Kier alpha value is -1.75. The molecule has 2 aliphatic rings. The maximum Gasteiger partial charge on any atom is 0.156 e. The predicted octanol–water partition coefficient (Wildman–Crippen LogP) is 3.94. The summed E-state index contributed by atoms with van der Waals surface area (Å²) < 4.78 is 19.6. The van der Waals surface area contributed by atoms with Gasteiger partial charge in [0.25, 0.3) is 0 Å². The fraction of sp³-hybridized carbons (Fsp3) is 0.600. The summed E-state index contributed by atoms with van der Waals surface area (Å²) in [6.45, 7) is 5.70. The number of carbonyl (C=O) groups excluding carboxylic acids is 1. The van der Waals surface area contributed by atoms with Crippen LogP contribution in [-0.4, -0.2) is 42.8 Å². The SMILES string of the molecule is CC(C)N1CN=CC1C1CCCCC1COc1cccc(F)c1C=O. The van der Waals surface area contributed by atoms with Crippen molar-refractivity contribution < 1.29 is 13.9 Å². The maximum absolute atomic E-state index is 13.7. The number of ether oxygens (including phenoxy) is 1. The van der Waals surface area contributed by atoms with Crippen LogP contribution in [0.4, 0.5) is 4.39 Å². The molecule has 0 spiro atoms. The van der Waals surface area contributed by atoms with Gasteiger partial charge >= 0.3 is 0 Å². The zero-order valence-corrected chi connectivity index (χ0v) is 15.0. The number of halogens is 1. The van der Waals surface area contributed by atoms with Gasteiger partial charge in [-0.3, -0.25) is 14.7 Å². The number of carbonyl (C=O) groups is 1. The van der Waals surface area contributed by atoms with Crippen LogP contribution in [-0.2, 0) is 0 Å². The number of benzene rings is 1. The van der Waals surface area contributed by atoms with Crippen molar-refractivity contribution in [3.8, 4) is 5.75 Å². The van der Waals surface area contributed by atoms with E-state index in [-0.39, 0.29) is 5.56 Å². The first-order valence-corrected chi connectivity index (χ1v) is 9.24. The number of rotatable bonds is 6. The van der Waals surface area contributed by atoms with E-state index in [1.807, 2.05) is 0 Å². The molecule has 1 aromatic carbocycles. The lowest BCUT2D eigenvalue weighted by Crippen LogP contribution is -2.46. The molecule has 1 aliphatic heterocycles. The molecule has 1 saturated carbocycles. The van der Waals surface area contributed by atoms with Gasteiger partial charge in [0.1, 0.15) is 11.6 Å². The van der Waals surface area contributed by atoms with E-state index >= 15 is 0 Å². The van der Waals surface area contributed by atoms with E-state index in [4.69, 9.17) is 4.74 Å². The molecule has 25 heavy (non-hydrogen) atoms. The lowest BCUT2D eigenvalue weighted by molar-refractivity contribution is 0.0812. The highest BCUT2D eigenvalue weighted by molar-refractivity contribution is 5.79. The summed E-state index contributed by atoms with van der Waals surface area (Å²) in [6, 6.07) is 5.35. The Kier molecular flexibility index (Phi) is 5.84. The fourth-order valence-electron chi connectivity index (χ4n) is 4.14. The van der Waals surface area contributed by atoms with Crippen LogP contribution in [0, 0.1) is 17.7 Å². The van der Waals surface area contributed by atoms with Gasteiger partial charge in [0.2, 0.25) is 0 Å². The van der Waals surface area contributed by atoms with E-state index in [1.165, 1.54) is 18.9 Å². The second-order valence-corrected chi connectivity index (χ2v) is 7.36. The smallest absolute Gasteiger partial charge is 0.156 e. The molecule has 3 rings (SSSR count). The van der Waals surface area contributed by atoms with Gasteiger partial charge in [-0.15, -0.1) is 0 Å². The first-order chi connectivity index (χ1) is 12.1. The normalized spacial score (nSPS) is 27.0. The van der Waals surface area contributed by atoms with Crippen molar-refractivity contribution in [2.45, 2.75) is 51.6 Å². The molecular weight excluding hydrogens is 319 g/mol. The van der Waals surface area contributed by atoms with E-state index in [1.54, 1.807) is 12.1 Å². The molecule has 1 fully saturated rings. The Bertz CT molecular complexity index is 632. The minimum absolute atomic E-state index is 0.0149. The molecule has 4 nitrogen and oxygen atoms in total. The van der Waals surface area contributed by atoms with Gasteiger partial charge in [0, 0.05) is 18.3 Å². The summed E-state index contributed by atoms with van der Waals surface area (Å²) in [7, 11) is 0. The van der Waals surface area contributed by atoms with Gasteiger partial charge < -0.3 is 4.74 Å². The third kappa shape index (κ3) is 3.92. The van der Waals surface area contributed by atoms with Crippen LogP contribution in [0.15, 0.2) is 23.2 Å². The second-order valence-electron chi connectivity index (χ2n) is 7.36. The van der Waals surface area contributed by atoms with Crippen molar-refractivity contribution in [3.05, 3.63) is 29.6 Å². The third-order valence-corrected chi connectivity index (χ3v) is 5.54. The lowest BCUT2D eigenvalue weighted by atomic mass is 9.75. The van der Waals surface area contributed by atoms with Crippen LogP contribution in [0.3, 0.4) is 0 Å². The standard InChI is InChI=1S/C20H27FN2O2/c1-14(2)23-13-22-10-19(23)16-7-4-3-6-15(16)12-25-20-9-5-8-18(21)17(20)11-24/h5,8-11,14-16,19H,3-4,6-7,12-13H2,1-2H3. The van der Waals surface area contributed by atoms with Crippen LogP contribution < -0.4 is 4.74 Å². The summed E-state index contributed by atoms with van der Waals surface area (Å²) in [6.07, 6.45) is 7.33. The monoisotopic (exact) mass is 346 g/mol. The Morgan fingerprint density at radius 1 is 1.36 bits per heavy atom. The molecule has 0 aromatic heterocycles. The van der Waals surface area contributed by atoms with Crippen molar-refractivity contribution in [2.75, 3.05) is 13.3 Å². The lowest BCUT2D eigenvalue weighted by Gasteiger charge is -2.39. The van der Waals surface area contributed by atoms with Crippen molar-refractivity contribution in [3.63, 3.8) is 0 Å². The number of hydrogen-bond donors (Lipinski definition) is 0. The zero-order valence-electron chi connectivity index (χ0n) is 15.0. The van der Waals surface area contributed by atoms with Gasteiger partial charge in [0.15, 0.2) is 6.29 Å². The van der Waals surface area contributed by atoms with E-state index in [0.717, 1.165) is 19.5 Å². The van der Waals surface area contributed by atoms with Gasteiger partial charge in [-0.2, -0.15) is 0 Å². The third-order valence-electron chi connectivity index (χ3n) is 5.54. The first kappa shape index (κ1) is 18.1. The summed E-state index contributed by atoms with van der Waals surface area (Å²) in [5.41, 5.74) is 0.0149. The van der Waals surface area contributed by atoms with Gasteiger partial charge in [-0.1, -0.05) is 18.9 Å². The average Bonchev–Trinajstić information content (AvgIpc) is 3.10. The highest BCUT2D eigenvalue weighted by Gasteiger charge is 2.37. The van der Waals surface area contributed by atoms with Crippen LogP contribution >= 0.6 is 0 Å². The Labute approximate surface area is 149 Å². The quantitative estimate of drug-likeness (QED) is 0.733. The molecule has 0 N–H and O–H groups in total. The molecule has 5 heteroatoms. The molecule has 136 valence electrons. The Morgan fingerprint density at radius 2 is 2.16 bits per heavy atom. The molecule has 1 aliphatic carbocycles. The van der Waals surface area contributed by atoms with Crippen molar-refractivity contribution in [1.82, 2.24) is 4.90 Å². The van der Waals surface area contributed by atoms with Crippen LogP contribution in [0.5, 0.6) is 5.75 Å². The minimum Gasteiger partial charge on any atom is -0.492 e. The highest BCUT2D eigenvalue weighted by atomic mass is 19.1. The fourth-order valence-corrected chi connectivity index (χ4v) is 4.14. The maximum atomic E-state index is 13.7. The van der Waals surface area contributed by atoms with E-state index in [0.29, 0.717) is 42.6 Å². The van der Waals surface area contributed by atoms with E-state index in [2.05, 4.69) is 30.0 Å². The number of aldehydes is 1. The number of hydrogen-bond acceptors (Lipinski definition) is 4. The highest BCUT2D eigenvalue weighted by Crippen LogP contribution is 2.36. The Balaban J connectivity index is 1.71. The molecule has 0 bridgehead atoms. The Morgan fingerprint density at radius 3 is 2.92 bits per heavy atom. The summed E-state index contributed by atoms with van der Waals surface area (Å²) in [5, 5.41) is 0. The topological polar surface area (TPSA) is 41.9 Å². The molecule has 1 heterocycles. The summed E-state index contributed by atoms with van der Waals surface area (Å²) in [5.74, 6) is 0.713. The summed E-state index contributed by atoms with van der Waals surface area (Å²) in [4.78, 5) is 18.1. The van der Waals surface area contributed by atoms with Crippen molar-refractivity contribution in [2.24, 2.45) is 16.8 Å². The van der Waals surface area contributed by atoms with Crippen LogP contribution in [0.25, 0.3) is 0 Å². The molecular formula is C20H27FN2O2. The van der Waals surface area contributed by atoms with Crippen molar-refractivity contribution in [1.29, 1.82) is 0 Å². The molecule has 0 amide bonds. The molecule has 3 atom stereocenters. The van der Waals surface area contributed by atoms with Crippen LogP contribution in [0.2, 0.25) is 0 Å². The first-order valence-electron chi connectivity index (χ1n) is 9.24. The molecule has 0 saturated heterocycles. The van der Waals surface area contributed by atoms with Gasteiger partial charge in [-0.25, -0.2) is 4.39 Å². The average molecular weight is 346 g/mol. The minimum atomic E-state index is -0.526. The molecule has 0 radical (unpaired) electrons. The number of nitrogens with zero attached hydrogens (tertiary/aromatic N) is 2. The number of aliphatic imine (C=N–C) groups is 1. The van der Waals surface area contributed by atoms with E-state index in [9.17, 15) is 9.18 Å². The zero-order chi connectivity index (χ0) is 17.8. The second kappa shape index (κ2) is 8.09. The summed E-state index contributed by atoms with van der Waals surface area (Å²) >= 11 is 0. The largest absolute Gasteiger partial charge is 0.492 e. The van der Waals surface area contributed by atoms with Crippen LogP contribution in [0.1, 0.15) is 49.9 Å². The molecule has 1 aromatic rings. The van der Waals surface area contributed by atoms with Crippen molar-refractivity contribution >= 4 is 12.5 Å². The van der Waals surface area contributed by atoms with E-state index < -0.39 is 5.82 Å². The van der Waals surface area contributed by atoms with Gasteiger partial charge in [-0.05, 0) is 50.7 Å². The predicted molar refractivity (Wildman–Crippen MR) is 96.9 cm³/mol. The molecule has 3 unspecified atom stereocenters.